The first-order chi connectivity index (χ1) is 22.1. The summed E-state index contributed by atoms with van der Waals surface area (Å²) in [5, 5.41) is 5.54. The molecular weight excluding hydrogens is 588 g/mol. The molecule has 0 spiro atoms. The maximum atomic E-state index is 13.7. The number of hydrogen-bond donors (Lipinski definition) is 2. The number of nitrogens with one attached hydrogen (secondary N) is 2. The number of alkyl carbamates (subject to hydrolysis) is 1. The molecule has 10 heteroatoms. The van der Waals surface area contributed by atoms with Gasteiger partial charge in [-0.2, -0.15) is 0 Å². The Morgan fingerprint density at radius 1 is 0.848 bits per heavy atom. The van der Waals surface area contributed by atoms with Gasteiger partial charge in [-0.1, -0.05) is 49.4 Å². The Bertz CT molecular complexity index is 1560. The van der Waals surface area contributed by atoms with E-state index in [9.17, 15) is 14.4 Å². The fourth-order valence-electron chi connectivity index (χ4n) is 4.27. The number of esters is 1. The molecular formula is C36H40N2O8. The van der Waals surface area contributed by atoms with E-state index in [4.69, 9.17) is 23.4 Å². The van der Waals surface area contributed by atoms with Crippen LogP contribution in [0.15, 0.2) is 95.6 Å². The van der Waals surface area contributed by atoms with E-state index in [1.165, 1.54) is 18.4 Å². The number of ether oxygens (including phenoxy) is 4. The smallest absolute Gasteiger partial charge is 0.408 e. The lowest BCUT2D eigenvalue weighted by molar-refractivity contribution is -0.118. The van der Waals surface area contributed by atoms with Crippen LogP contribution in [-0.2, 0) is 33.9 Å². The monoisotopic (exact) mass is 628 g/mol. The number of carbonyl (C=O) groups excluding carboxylic acids is 3. The Hall–Kier alpha value is -5.25. The summed E-state index contributed by atoms with van der Waals surface area (Å²) >= 11 is 0. The number of benzene rings is 3. The molecule has 0 saturated carbocycles. The summed E-state index contributed by atoms with van der Waals surface area (Å²) in [7, 11) is 0. The highest BCUT2D eigenvalue weighted by atomic mass is 16.6. The summed E-state index contributed by atoms with van der Waals surface area (Å²) in [5.41, 5.74) is 1.62. The van der Waals surface area contributed by atoms with Gasteiger partial charge in [0.2, 0.25) is 5.91 Å². The van der Waals surface area contributed by atoms with Gasteiger partial charge < -0.3 is 34.0 Å². The van der Waals surface area contributed by atoms with Gasteiger partial charge in [0.15, 0.2) is 0 Å². The van der Waals surface area contributed by atoms with Crippen LogP contribution in [0, 0.1) is 0 Å². The number of hydrogen-bond acceptors (Lipinski definition) is 8. The molecule has 1 atom stereocenters. The molecule has 2 N–H and O–H groups in total. The standard InChI is InChI=1S/C36H40N2O8/c1-5-19-43-34(40)27-15-18-30(32(22-27)45-24-29-12-9-20-42-29)37-33(39)31(38-35(41)46-36(2,3)4)21-25-13-16-28(17-14-25)44-23-26-10-7-6-8-11-26/h6-18,20,22,31H,5,19,21,23-24H2,1-4H3,(H,37,39)(H,38,41)/t31-/m1/s1. The van der Waals surface area contributed by atoms with E-state index >= 15 is 0 Å². The molecule has 10 nitrogen and oxygen atoms in total. The summed E-state index contributed by atoms with van der Waals surface area (Å²) in [5.74, 6) is 0.427. The summed E-state index contributed by atoms with van der Waals surface area (Å²) in [6.45, 7) is 7.88. The van der Waals surface area contributed by atoms with Crippen molar-refractivity contribution in [3.8, 4) is 11.5 Å². The number of rotatable bonds is 14. The maximum absolute atomic E-state index is 13.7. The topological polar surface area (TPSA) is 125 Å². The van der Waals surface area contributed by atoms with Gasteiger partial charge in [-0.15, -0.1) is 0 Å². The normalized spacial score (nSPS) is 11.7. The molecule has 0 aliphatic carbocycles. The van der Waals surface area contributed by atoms with E-state index in [0.717, 1.165) is 11.1 Å². The predicted octanol–water partition coefficient (Wildman–Crippen LogP) is 7.08. The molecule has 1 aromatic heterocycles. The van der Waals surface area contributed by atoms with Crippen LogP contribution in [0.25, 0.3) is 0 Å². The molecule has 0 saturated heterocycles. The van der Waals surface area contributed by atoms with Crippen LogP contribution in [0.2, 0.25) is 0 Å². The quantitative estimate of drug-likeness (QED) is 0.142. The van der Waals surface area contributed by atoms with Crippen LogP contribution in [0.1, 0.15) is 61.4 Å². The molecule has 46 heavy (non-hydrogen) atoms. The summed E-state index contributed by atoms with van der Waals surface area (Å²) in [6, 6.07) is 24.2. The Morgan fingerprint density at radius 3 is 2.28 bits per heavy atom. The van der Waals surface area contributed by atoms with E-state index < -0.39 is 29.6 Å². The lowest BCUT2D eigenvalue weighted by atomic mass is 10.0. The predicted molar refractivity (Wildman–Crippen MR) is 173 cm³/mol. The van der Waals surface area contributed by atoms with Gasteiger partial charge >= 0.3 is 12.1 Å². The van der Waals surface area contributed by atoms with Gasteiger partial charge in [0.25, 0.3) is 0 Å². The minimum Gasteiger partial charge on any atom is -0.489 e. The Kier molecular flexibility index (Phi) is 11.8. The molecule has 0 radical (unpaired) electrons. The highest BCUT2D eigenvalue weighted by molar-refractivity contribution is 5.99. The van der Waals surface area contributed by atoms with Crippen molar-refractivity contribution in [2.24, 2.45) is 0 Å². The fourth-order valence-corrected chi connectivity index (χ4v) is 4.27. The molecule has 4 aromatic rings. The zero-order valence-corrected chi connectivity index (χ0v) is 26.5. The maximum Gasteiger partial charge on any atom is 0.408 e. The first kappa shape index (κ1) is 33.6. The second-order valence-electron chi connectivity index (χ2n) is 11.5. The summed E-state index contributed by atoms with van der Waals surface area (Å²) in [4.78, 5) is 39.0. The highest BCUT2D eigenvalue weighted by Gasteiger charge is 2.26. The molecule has 242 valence electrons. The third-order valence-corrected chi connectivity index (χ3v) is 6.48. The van der Waals surface area contributed by atoms with Crippen LogP contribution in [0.4, 0.5) is 10.5 Å². The second kappa shape index (κ2) is 16.2. The molecule has 0 aliphatic heterocycles. The average molecular weight is 629 g/mol. The van der Waals surface area contributed by atoms with Crippen molar-refractivity contribution in [1.29, 1.82) is 0 Å². The van der Waals surface area contributed by atoms with Gasteiger partial charge in [0.05, 0.1) is 24.1 Å². The van der Waals surface area contributed by atoms with Gasteiger partial charge in [0.1, 0.15) is 42.1 Å². The molecule has 4 rings (SSSR count). The Morgan fingerprint density at radius 2 is 1.61 bits per heavy atom. The molecule has 0 bridgehead atoms. The number of furan rings is 1. The van der Waals surface area contributed by atoms with E-state index in [1.807, 2.05) is 61.5 Å². The lowest BCUT2D eigenvalue weighted by Crippen LogP contribution is -2.47. The number of amides is 2. The van der Waals surface area contributed by atoms with E-state index in [1.54, 1.807) is 39.0 Å². The van der Waals surface area contributed by atoms with Crippen LogP contribution in [0.5, 0.6) is 11.5 Å². The van der Waals surface area contributed by atoms with Gasteiger partial charge in [-0.05, 0) is 80.8 Å². The average Bonchev–Trinajstić information content (AvgIpc) is 3.56. The first-order valence-corrected chi connectivity index (χ1v) is 15.1. The minimum atomic E-state index is -1.02. The Labute approximate surface area is 269 Å². The number of carbonyl (C=O) groups is 3. The van der Waals surface area contributed by atoms with E-state index in [0.29, 0.717) is 30.2 Å². The SMILES string of the molecule is CCCOC(=O)c1ccc(NC(=O)[C@@H](Cc2ccc(OCc3ccccc3)cc2)NC(=O)OC(C)(C)C)c(OCc2ccco2)c1. The lowest BCUT2D eigenvalue weighted by Gasteiger charge is -2.24. The summed E-state index contributed by atoms with van der Waals surface area (Å²) < 4.78 is 27.9. The molecule has 0 fully saturated rings. The Balaban J connectivity index is 1.52. The van der Waals surface area contributed by atoms with E-state index in [2.05, 4.69) is 10.6 Å². The van der Waals surface area contributed by atoms with Crippen LogP contribution >= 0.6 is 0 Å². The van der Waals surface area contributed by atoms with Crippen molar-refractivity contribution in [2.45, 2.75) is 65.4 Å². The second-order valence-corrected chi connectivity index (χ2v) is 11.5. The first-order valence-electron chi connectivity index (χ1n) is 15.1. The van der Waals surface area contributed by atoms with Crippen molar-refractivity contribution >= 4 is 23.7 Å². The zero-order valence-electron chi connectivity index (χ0n) is 26.5. The van der Waals surface area contributed by atoms with Crippen LogP contribution in [0.3, 0.4) is 0 Å². The van der Waals surface area contributed by atoms with Crippen LogP contribution < -0.4 is 20.1 Å². The summed E-state index contributed by atoms with van der Waals surface area (Å²) in [6.07, 6.45) is 1.62. The van der Waals surface area contributed by atoms with Gasteiger partial charge in [0, 0.05) is 6.42 Å². The zero-order chi connectivity index (χ0) is 32.9. The largest absolute Gasteiger partial charge is 0.489 e. The van der Waals surface area contributed by atoms with Crippen molar-refractivity contribution in [1.82, 2.24) is 5.32 Å². The van der Waals surface area contributed by atoms with Crippen molar-refractivity contribution in [3.63, 3.8) is 0 Å². The van der Waals surface area contributed by atoms with Gasteiger partial charge in [-0.3, -0.25) is 4.79 Å². The van der Waals surface area contributed by atoms with Crippen molar-refractivity contribution < 1.29 is 37.7 Å². The third kappa shape index (κ3) is 10.7. The molecule has 0 unspecified atom stereocenters. The van der Waals surface area contributed by atoms with E-state index in [-0.39, 0.29) is 30.9 Å². The molecule has 1 heterocycles. The molecule has 2 amide bonds. The van der Waals surface area contributed by atoms with Gasteiger partial charge in [-0.25, -0.2) is 9.59 Å². The van der Waals surface area contributed by atoms with Crippen LogP contribution in [-0.4, -0.2) is 36.2 Å². The van der Waals surface area contributed by atoms with Crippen molar-refractivity contribution in [3.05, 3.63) is 114 Å². The van der Waals surface area contributed by atoms with Crippen molar-refractivity contribution in [2.75, 3.05) is 11.9 Å². The fraction of sp³-hybridized carbons (Fsp3) is 0.306. The highest BCUT2D eigenvalue weighted by Crippen LogP contribution is 2.28. The third-order valence-electron chi connectivity index (χ3n) is 6.48. The number of anilines is 1. The minimum absolute atomic E-state index is 0.0572. The molecule has 0 aliphatic rings. The molecule has 3 aromatic carbocycles.